The van der Waals surface area contributed by atoms with Gasteiger partial charge in [0.15, 0.2) is 5.82 Å². The Morgan fingerprint density at radius 2 is 1.84 bits per heavy atom. The molecule has 1 unspecified atom stereocenters. The van der Waals surface area contributed by atoms with Crippen molar-refractivity contribution in [1.82, 2.24) is 29.7 Å². The summed E-state index contributed by atoms with van der Waals surface area (Å²) in [5, 5.41) is 2.39. The molecule has 0 aliphatic carbocycles. The molecule has 0 N–H and O–H groups in total. The lowest BCUT2D eigenvalue weighted by molar-refractivity contribution is -0.124. The molecular formula is C42H46ClF2N7O4. The maximum absolute atomic E-state index is 16.9. The summed E-state index contributed by atoms with van der Waals surface area (Å²) in [6.45, 7) is 8.64. The van der Waals surface area contributed by atoms with Gasteiger partial charge in [0.2, 0.25) is 0 Å². The topological polar surface area (TPSA) is 104 Å². The van der Waals surface area contributed by atoms with Gasteiger partial charge in [-0.15, -0.1) is 0 Å². The zero-order valence-corrected chi connectivity index (χ0v) is 32.9. The third-order valence-corrected chi connectivity index (χ3v) is 11.9. The fourth-order valence-electron chi connectivity index (χ4n) is 8.71. The summed E-state index contributed by atoms with van der Waals surface area (Å²) >= 11 is 6.64. The second-order valence-electron chi connectivity index (χ2n) is 16.5. The molecule has 2 amide bonds. The highest BCUT2D eigenvalue weighted by atomic mass is 35.5. The summed E-state index contributed by atoms with van der Waals surface area (Å²) in [4.78, 5) is 47.3. The van der Waals surface area contributed by atoms with Gasteiger partial charge in [-0.2, -0.15) is 9.97 Å². The van der Waals surface area contributed by atoms with E-state index in [0.29, 0.717) is 79.2 Å². The number of fused-ring (bicyclic) bond motifs is 3. The number of carbonyl (C=O) groups excluding carboxylic acids is 2. The summed E-state index contributed by atoms with van der Waals surface area (Å²) in [6.07, 6.45) is 3.69. The van der Waals surface area contributed by atoms with Gasteiger partial charge in [0.1, 0.15) is 35.4 Å². The molecule has 2 aromatic heterocycles. The van der Waals surface area contributed by atoms with Crippen molar-refractivity contribution in [3.05, 3.63) is 53.4 Å². The average molecular weight is 786 g/mol. The molecule has 0 bridgehead atoms. The molecule has 0 radical (unpaired) electrons. The number of pyridine rings is 1. The molecule has 14 heteroatoms. The number of nitrogens with zero attached hydrogens (tertiary/aromatic N) is 7. The fourth-order valence-corrected chi connectivity index (χ4v) is 9.00. The predicted molar refractivity (Wildman–Crippen MR) is 211 cm³/mol. The summed E-state index contributed by atoms with van der Waals surface area (Å²) < 4.78 is 43.3. The second-order valence-corrected chi connectivity index (χ2v) is 16.9. The monoisotopic (exact) mass is 785 g/mol. The fraction of sp³-hybridized carbons (Fsp3) is 0.500. The number of alkyl halides is 1. The molecule has 8 rings (SSSR count). The van der Waals surface area contributed by atoms with Crippen LogP contribution in [0.5, 0.6) is 6.01 Å². The first-order valence-electron chi connectivity index (χ1n) is 19.4. The molecule has 0 spiro atoms. The van der Waals surface area contributed by atoms with Gasteiger partial charge in [0.05, 0.1) is 10.9 Å². The van der Waals surface area contributed by atoms with Gasteiger partial charge < -0.3 is 24.2 Å². The van der Waals surface area contributed by atoms with E-state index in [9.17, 15) is 14.0 Å². The highest BCUT2D eigenvalue weighted by molar-refractivity contribution is 6.36. The van der Waals surface area contributed by atoms with E-state index in [4.69, 9.17) is 26.1 Å². The number of carbonyl (C=O) groups is 2. The molecule has 294 valence electrons. The quantitative estimate of drug-likeness (QED) is 0.194. The molecule has 4 aromatic rings. The molecule has 56 heavy (non-hydrogen) atoms. The van der Waals surface area contributed by atoms with Crippen LogP contribution in [-0.2, 0) is 9.53 Å². The van der Waals surface area contributed by atoms with Crippen LogP contribution < -0.4 is 9.64 Å². The lowest BCUT2D eigenvalue weighted by Crippen LogP contribution is -2.43. The molecule has 4 saturated heterocycles. The van der Waals surface area contributed by atoms with Crippen molar-refractivity contribution in [3.63, 3.8) is 0 Å². The molecule has 4 aliphatic heterocycles. The zero-order valence-electron chi connectivity index (χ0n) is 32.2. The van der Waals surface area contributed by atoms with Crippen LogP contribution >= 0.6 is 11.6 Å². The number of anilines is 1. The number of hydrogen-bond acceptors (Lipinski definition) is 9. The minimum atomic E-state index is -0.931. The first kappa shape index (κ1) is 38.1. The summed E-state index contributed by atoms with van der Waals surface area (Å²) in [6, 6.07) is 10.9. The average Bonchev–Trinajstić information content (AvgIpc) is 3.97. The Labute approximate surface area is 330 Å². The number of hydrogen-bond donors (Lipinski definition) is 0. The van der Waals surface area contributed by atoms with Gasteiger partial charge >= 0.3 is 12.1 Å². The smallest absolute Gasteiger partial charge is 0.410 e. The normalized spacial score (nSPS) is 23.7. The number of likely N-dealkylation sites (N-methyl/N-ethyl adjacent to an activating group) is 1. The van der Waals surface area contributed by atoms with Crippen molar-refractivity contribution >= 4 is 51.1 Å². The van der Waals surface area contributed by atoms with Crippen LogP contribution in [0.25, 0.3) is 32.9 Å². The molecular weight excluding hydrogens is 740 g/mol. The number of rotatable bonds is 6. The zero-order chi connectivity index (χ0) is 39.4. The number of aromatic nitrogens is 3. The first-order valence-corrected chi connectivity index (χ1v) is 19.7. The molecule has 11 nitrogen and oxygen atoms in total. The SMILES string of the molecule is CN(c1nc(OC[C@@]23CCCN2C[C@H](F)C3)nc2c(F)c(-c3cccc4cccc(Cl)c34)ncc12)[C@@H]1CCN(C(=O)C#CC2CCN(C(=O)OC(C)(C)C)C2)C1. The largest absolute Gasteiger partial charge is 0.461 e. The minimum Gasteiger partial charge on any atom is -0.461 e. The van der Waals surface area contributed by atoms with Gasteiger partial charge in [-0.05, 0) is 70.4 Å². The Hall–Kier alpha value is -4.80. The van der Waals surface area contributed by atoms with E-state index in [2.05, 4.69) is 26.7 Å². The summed E-state index contributed by atoms with van der Waals surface area (Å²) in [5.74, 6) is 5.26. The lowest BCUT2D eigenvalue weighted by atomic mass is 9.95. The molecule has 0 saturated carbocycles. The summed E-state index contributed by atoms with van der Waals surface area (Å²) in [5.41, 5.74) is -0.375. The van der Waals surface area contributed by atoms with E-state index in [1.165, 1.54) is 0 Å². The first-order chi connectivity index (χ1) is 26.8. The molecule has 2 aromatic carbocycles. The van der Waals surface area contributed by atoms with Crippen molar-refractivity contribution < 1.29 is 27.8 Å². The van der Waals surface area contributed by atoms with Crippen LogP contribution in [0.15, 0.2) is 42.6 Å². The predicted octanol–water partition coefficient (Wildman–Crippen LogP) is 6.89. The van der Waals surface area contributed by atoms with Gasteiger partial charge in [0.25, 0.3) is 5.91 Å². The van der Waals surface area contributed by atoms with Crippen LogP contribution in [-0.4, -0.2) is 118 Å². The molecule has 4 fully saturated rings. The Balaban J connectivity index is 1.06. The molecule has 6 heterocycles. The highest BCUT2D eigenvalue weighted by Crippen LogP contribution is 2.41. The van der Waals surface area contributed by atoms with Crippen molar-refractivity contribution in [2.24, 2.45) is 5.92 Å². The third-order valence-electron chi connectivity index (χ3n) is 11.5. The molecule has 4 aliphatic rings. The number of halogens is 3. The van der Waals surface area contributed by atoms with Crippen molar-refractivity contribution in [2.45, 2.75) is 76.2 Å². The number of benzene rings is 2. The summed E-state index contributed by atoms with van der Waals surface area (Å²) in [7, 11) is 1.86. The van der Waals surface area contributed by atoms with Gasteiger partial charge in [-0.3, -0.25) is 14.7 Å². The minimum absolute atomic E-state index is 0.0105. The molecule has 4 atom stereocenters. The number of amides is 2. The van der Waals surface area contributed by atoms with Gasteiger partial charge in [0, 0.05) is 80.3 Å². The van der Waals surface area contributed by atoms with Crippen LogP contribution in [0.1, 0.15) is 52.9 Å². The van der Waals surface area contributed by atoms with Crippen LogP contribution in [0.3, 0.4) is 0 Å². The Morgan fingerprint density at radius 1 is 1.05 bits per heavy atom. The van der Waals surface area contributed by atoms with Crippen molar-refractivity contribution in [3.8, 4) is 29.1 Å². The second kappa shape index (κ2) is 14.9. The van der Waals surface area contributed by atoms with E-state index in [1.54, 1.807) is 28.1 Å². The van der Waals surface area contributed by atoms with E-state index in [1.807, 2.05) is 57.0 Å². The van der Waals surface area contributed by atoms with Gasteiger partial charge in [-0.1, -0.05) is 47.9 Å². The van der Waals surface area contributed by atoms with Gasteiger partial charge in [-0.25, -0.2) is 13.6 Å². The maximum atomic E-state index is 16.9. The van der Waals surface area contributed by atoms with Crippen molar-refractivity contribution in [1.29, 1.82) is 0 Å². The third kappa shape index (κ3) is 7.41. The van der Waals surface area contributed by atoms with Crippen LogP contribution in [0.4, 0.5) is 19.4 Å². The van der Waals surface area contributed by atoms with E-state index in [-0.39, 0.29) is 47.8 Å². The lowest BCUT2D eigenvalue weighted by Gasteiger charge is -2.31. The number of likely N-dealkylation sites (tertiary alicyclic amines) is 2. The Kier molecular flexibility index (Phi) is 10.2. The standard InChI is InChI=1S/C42H46ClF2N7O4/c1-41(2,3)56-40(54)51-18-14-26(22-51)12-13-33(53)50-19-15-29(24-50)49(4)38-31-21-46-36(30-10-5-8-27-9-6-11-32(43)34(27)30)35(45)37(31)47-39(48-38)55-25-42-16-7-17-52(42)23-28(44)20-42/h5-6,8-11,21,26,28-29H,7,14-20,22-25H2,1-4H3/t26?,28-,29-,42+/m1/s1. The van der Waals surface area contributed by atoms with E-state index in [0.717, 1.165) is 24.8 Å². The van der Waals surface area contributed by atoms with E-state index < -0.39 is 23.1 Å². The van der Waals surface area contributed by atoms with Crippen LogP contribution in [0, 0.1) is 23.6 Å². The van der Waals surface area contributed by atoms with Crippen molar-refractivity contribution in [2.75, 3.05) is 57.8 Å². The highest BCUT2D eigenvalue weighted by Gasteiger charge is 2.49. The Bertz CT molecular complexity index is 2250. The van der Waals surface area contributed by atoms with E-state index >= 15 is 4.39 Å². The number of ether oxygens (including phenoxy) is 2. The van der Waals surface area contributed by atoms with Crippen LogP contribution in [0.2, 0.25) is 5.02 Å². The Morgan fingerprint density at radius 3 is 2.64 bits per heavy atom. The maximum Gasteiger partial charge on any atom is 0.410 e.